The molecule has 67 heavy (non-hydrogen) atoms. The summed E-state index contributed by atoms with van der Waals surface area (Å²) in [6.07, 6.45) is 66.1. The smallest absolute Gasteiger partial charge is 0.306 e. The van der Waals surface area contributed by atoms with Crippen LogP contribution in [0.15, 0.2) is 24.3 Å². The fraction of sp³-hybridized carbons (Fsp3) is 0.885. The molecule has 0 bridgehead atoms. The molecule has 0 heterocycles. The molecule has 0 aliphatic carbocycles. The normalized spacial score (nSPS) is 12.1. The van der Waals surface area contributed by atoms with E-state index in [9.17, 15) is 14.4 Å². The van der Waals surface area contributed by atoms with E-state index in [4.69, 9.17) is 14.2 Å². The maximum absolute atomic E-state index is 12.8. The lowest BCUT2D eigenvalue weighted by atomic mass is 10.0. The van der Waals surface area contributed by atoms with Gasteiger partial charge < -0.3 is 14.2 Å². The quantitative estimate of drug-likeness (QED) is 0.0262. The summed E-state index contributed by atoms with van der Waals surface area (Å²) < 4.78 is 16.9. The third-order valence-corrected chi connectivity index (χ3v) is 13.4. The molecule has 1 unspecified atom stereocenters. The van der Waals surface area contributed by atoms with Gasteiger partial charge in [-0.1, -0.05) is 289 Å². The summed E-state index contributed by atoms with van der Waals surface area (Å²) in [4.78, 5) is 38.1. The van der Waals surface area contributed by atoms with Gasteiger partial charge in [0, 0.05) is 19.3 Å². The highest BCUT2D eigenvalue weighted by atomic mass is 16.6. The van der Waals surface area contributed by atoms with E-state index < -0.39 is 6.10 Å². The van der Waals surface area contributed by atoms with Crippen LogP contribution in [0.4, 0.5) is 0 Å². The molecular weight excluding hydrogens is 829 g/mol. The van der Waals surface area contributed by atoms with Crippen molar-refractivity contribution in [3.05, 3.63) is 24.3 Å². The van der Waals surface area contributed by atoms with Crippen molar-refractivity contribution in [2.75, 3.05) is 13.2 Å². The molecule has 0 fully saturated rings. The monoisotopic (exact) mass is 943 g/mol. The Bertz CT molecular complexity index is 1080. The molecule has 0 aliphatic heterocycles. The van der Waals surface area contributed by atoms with Crippen molar-refractivity contribution in [2.24, 2.45) is 0 Å². The van der Waals surface area contributed by atoms with Gasteiger partial charge in [-0.25, -0.2) is 0 Å². The second-order valence-corrected chi connectivity index (χ2v) is 20.3. The molecule has 0 amide bonds. The highest BCUT2D eigenvalue weighted by Crippen LogP contribution is 2.18. The summed E-state index contributed by atoms with van der Waals surface area (Å²) in [5, 5.41) is 0. The van der Waals surface area contributed by atoms with Crippen LogP contribution in [-0.4, -0.2) is 37.2 Å². The second kappa shape index (κ2) is 56.5. The maximum Gasteiger partial charge on any atom is 0.306 e. The number of hydrogen-bond acceptors (Lipinski definition) is 6. The molecule has 6 nitrogen and oxygen atoms in total. The van der Waals surface area contributed by atoms with Gasteiger partial charge in [0.25, 0.3) is 0 Å². The van der Waals surface area contributed by atoms with E-state index >= 15 is 0 Å². The van der Waals surface area contributed by atoms with Crippen LogP contribution in [0.3, 0.4) is 0 Å². The van der Waals surface area contributed by atoms with E-state index in [1.165, 1.54) is 205 Å². The molecule has 6 heteroatoms. The highest BCUT2D eigenvalue weighted by Gasteiger charge is 2.19. The Morgan fingerprint density at radius 1 is 0.299 bits per heavy atom. The van der Waals surface area contributed by atoms with E-state index in [-0.39, 0.29) is 31.1 Å². The average Bonchev–Trinajstić information content (AvgIpc) is 3.33. The summed E-state index contributed by atoms with van der Waals surface area (Å²) in [5.74, 6) is -0.863. The van der Waals surface area contributed by atoms with Gasteiger partial charge in [-0.05, 0) is 44.9 Å². The van der Waals surface area contributed by atoms with Crippen LogP contribution in [0.25, 0.3) is 0 Å². The molecule has 0 saturated heterocycles. The Kier molecular flexibility index (Phi) is 54.7. The molecule has 0 rings (SSSR count). The Morgan fingerprint density at radius 2 is 0.567 bits per heavy atom. The van der Waals surface area contributed by atoms with Gasteiger partial charge in [0.05, 0.1) is 0 Å². The van der Waals surface area contributed by atoms with Crippen LogP contribution in [0.5, 0.6) is 0 Å². The minimum Gasteiger partial charge on any atom is -0.462 e. The molecule has 0 spiro atoms. The topological polar surface area (TPSA) is 78.9 Å². The molecule has 0 radical (unpaired) electrons. The Morgan fingerprint density at radius 3 is 0.881 bits per heavy atom. The lowest BCUT2D eigenvalue weighted by Gasteiger charge is -2.18. The fourth-order valence-electron chi connectivity index (χ4n) is 8.95. The molecular formula is C61H114O6. The number of carbonyl (C=O) groups is 3. The molecule has 1 atom stereocenters. The summed E-state index contributed by atoms with van der Waals surface area (Å²) in [6, 6.07) is 0. The van der Waals surface area contributed by atoms with Crippen LogP contribution >= 0.6 is 0 Å². The van der Waals surface area contributed by atoms with Crippen molar-refractivity contribution in [3.8, 4) is 0 Å². The standard InChI is InChI=1S/C61H114O6/c1-4-7-10-13-16-19-22-25-27-28-29-30-31-32-33-34-37-39-42-45-48-51-54-60(63)66-57-58(56-65-59(62)53-50-47-44-41-38-35-24-21-18-15-12-9-6-3)67-61(64)55-52-49-46-43-40-36-26-23-20-17-14-11-8-5-2/h12,15,21,24,58H,4-11,13-14,16-20,22-23,25-57H2,1-3H3/b15-12-,24-21-. The minimum atomic E-state index is -0.772. The fourth-order valence-corrected chi connectivity index (χ4v) is 8.95. The summed E-state index contributed by atoms with van der Waals surface area (Å²) in [7, 11) is 0. The first-order chi connectivity index (χ1) is 33.0. The Hall–Kier alpha value is -2.11. The van der Waals surface area contributed by atoms with Crippen molar-refractivity contribution < 1.29 is 28.6 Å². The molecule has 0 saturated carbocycles. The second-order valence-electron chi connectivity index (χ2n) is 20.3. The summed E-state index contributed by atoms with van der Waals surface area (Å²) in [5.41, 5.74) is 0. The SMILES string of the molecule is CCC/C=C\C/C=C\CCCCCCCC(=O)OCC(COC(=O)CCCCCCCCCCCCCCCCCCCCCCCC)OC(=O)CCCCCCCCCCCCCCCC. The first kappa shape index (κ1) is 64.9. The number of carbonyl (C=O) groups excluding carboxylic acids is 3. The van der Waals surface area contributed by atoms with Crippen molar-refractivity contribution in [2.45, 2.75) is 335 Å². The maximum atomic E-state index is 12.8. The predicted octanol–water partition coefficient (Wildman–Crippen LogP) is 19.9. The van der Waals surface area contributed by atoms with Crippen molar-refractivity contribution >= 4 is 17.9 Å². The van der Waals surface area contributed by atoms with E-state index in [0.717, 1.165) is 83.5 Å². The zero-order valence-electron chi connectivity index (χ0n) is 45.2. The lowest BCUT2D eigenvalue weighted by molar-refractivity contribution is -0.167. The summed E-state index contributed by atoms with van der Waals surface area (Å²) in [6.45, 7) is 6.62. The van der Waals surface area contributed by atoms with Crippen molar-refractivity contribution in [1.82, 2.24) is 0 Å². The molecule has 0 aromatic heterocycles. The zero-order valence-corrected chi connectivity index (χ0v) is 45.2. The van der Waals surface area contributed by atoms with Gasteiger partial charge in [0.15, 0.2) is 6.10 Å². The average molecular weight is 944 g/mol. The third kappa shape index (κ3) is 54.7. The Balaban J connectivity index is 4.24. The lowest BCUT2D eigenvalue weighted by Crippen LogP contribution is -2.30. The number of esters is 3. The first-order valence-corrected chi connectivity index (χ1v) is 29.8. The van der Waals surface area contributed by atoms with Crippen LogP contribution in [0.1, 0.15) is 329 Å². The number of hydrogen-bond donors (Lipinski definition) is 0. The van der Waals surface area contributed by atoms with Gasteiger partial charge in [0.2, 0.25) is 0 Å². The van der Waals surface area contributed by atoms with Gasteiger partial charge >= 0.3 is 17.9 Å². The molecule has 0 aliphatic rings. The van der Waals surface area contributed by atoms with Crippen LogP contribution in [-0.2, 0) is 28.6 Å². The number of allylic oxidation sites excluding steroid dienone is 4. The van der Waals surface area contributed by atoms with E-state index in [2.05, 4.69) is 45.1 Å². The first-order valence-electron chi connectivity index (χ1n) is 29.8. The van der Waals surface area contributed by atoms with E-state index in [1.54, 1.807) is 0 Å². The van der Waals surface area contributed by atoms with Crippen molar-refractivity contribution in [1.29, 1.82) is 0 Å². The molecule has 0 N–H and O–H groups in total. The number of rotatable bonds is 55. The van der Waals surface area contributed by atoms with Gasteiger partial charge in [-0.15, -0.1) is 0 Å². The van der Waals surface area contributed by atoms with E-state index in [1.807, 2.05) is 0 Å². The van der Waals surface area contributed by atoms with Crippen LogP contribution < -0.4 is 0 Å². The van der Waals surface area contributed by atoms with Gasteiger partial charge in [0.1, 0.15) is 13.2 Å². The molecule has 394 valence electrons. The van der Waals surface area contributed by atoms with E-state index in [0.29, 0.717) is 19.3 Å². The van der Waals surface area contributed by atoms with Gasteiger partial charge in [-0.2, -0.15) is 0 Å². The Labute approximate surface area is 417 Å². The highest BCUT2D eigenvalue weighted by molar-refractivity contribution is 5.71. The largest absolute Gasteiger partial charge is 0.462 e. The zero-order chi connectivity index (χ0) is 48.6. The predicted molar refractivity (Wildman–Crippen MR) is 289 cm³/mol. The van der Waals surface area contributed by atoms with Crippen molar-refractivity contribution in [3.63, 3.8) is 0 Å². The number of unbranched alkanes of at least 4 members (excludes halogenated alkanes) is 40. The summed E-state index contributed by atoms with van der Waals surface area (Å²) >= 11 is 0. The molecule has 0 aromatic carbocycles. The van der Waals surface area contributed by atoms with Gasteiger partial charge in [-0.3, -0.25) is 14.4 Å². The van der Waals surface area contributed by atoms with Crippen LogP contribution in [0, 0.1) is 0 Å². The minimum absolute atomic E-state index is 0.0701. The van der Waals surface area contributed by atoms with Crippen LogP contribution in [0.2, 0.25) is 0 Å². The third-order valence-electron chi connectivity index (χ3n) is 13.4. The molecule has 0 aromatic rings. The number of ether oxygens (including phenoxy) is 3.